The first-order chi connectivity index (χ1) is 11.5. The molecule has 1 aromatic rings. The molecule has 1 N–H and O–H groups in total. The van der Waals surface area contributed by atoms with Gasteiger partial charge in [0.1, 0.15) is 0 Å². The number of benzene rings is 1. The van der Waals surface area contributed by atoms with Crippen molar-refractivity contribution in [1.29, 1.82) is 0 Å². The van der Waals surface area contributed by atoms with E-state index in [2.05, 4.69) is 12.2 Å². The summed E-state index contributed by atoms with van der Waals surface area (Å²) in [6.45, 7) is 2.48. The predicted octanol–water partition coefficient (Wildman–Crippen LogP) is 2.64. The first-order valence-corrected chi connectivity index (χ1v) is 8.77. The first kappa shape index (κ1) is 16.7. The van der Waals surface area contributed by atoms with E-state index in [4.69, 9.17) is 0 Å². The highest BCUT2D eigenvalue weighted by atomic mass is 16.2. The number of hydrogen-bond donors (Lipinski definition) is 1. The molecule has 128 valence electrons. The van der Waals surface area contributed by atoms with Crippen molar-refractivity contribution in [2.75, 3.05) is 0 Å². The lowest BCUT2D eigenvalue weighted by Gasteiger charge is -2.29. The van der Waals surface area contributed by atoms with E-state index < -0.39 is 0 Å². The highest BCUT2D eigenvalue weighted by Gasteiger charge is 2.28. The van der Waals surface area contributed by atoms with E-state index in [0.29, 0.717) is 30.9 Å². The van der Waals surface area contributed by atoms with Gasteiger partial charge in [-0.15, -0.1) is 0 Å². The van der Waals surface area contributed by atoms with Crippen LogP contribution in [-0.4, -0.2) is 28.7 Å². The molecule has 24 heavy (non-hydrogen) atoms. The van der Waals surface area contributed by atoms with Crippen LogP contribution in [-0.2, 0) is 16.1 Å². The molecule has 5 nitrogen and oxygen atoms in total. The Bertz CT molecular complexity index is 623. The third kappa shape index (κ3) is 3.66. The molecule has 2 fully saturated rings. The third-order valence-electron chi connectivity index (χ3n) is 5.14. The Morgan fingerprint density at radius 3 is 2.33 bits per heavy atom. The van der Waals surface area contributed by atoms with E-state index in [0.717, 1.165) is 12.0 Å². The molecule has 0 radical (unpaired) electrons. The number of imide groups is 1. The van der Waals surface area contributed by atoms with Gasteiger partial charge >= 0.3 is 0 Å². The number of likely N-dealkylation sites (tertiary alicyclic amines) is 1. The molecule has 1 saturated heterocycles. The van der Waals surface area contributed by atoms with E-state index in [9.17, 15) is 14.4 Å². The smallest absolute Gasteiger partial charge is 0.251 e. The summed E-state index contributed by atoms with van der Waals surface area (Å²) in [6, 6.07) is 7.42. The quantitative estimate of drug-likeness (QED) is 0.864. The largest absolute Gasteiger partial charge is 0.349 e. The van der Waals surface area contributed by atoms with Gasteiger partial charge in [-0.05, 0) is 36.5 Å². The molecule has 3 amide bonds. The number of amides is 3. The van der Waals surface area contributed by atoms with Crippen LogP contribution in [0.4, 0.5) is 0 Å². The lowest BCUT2D eigenvalue weighted by atomic mass is 9.86. The number of nitrogens with zero attached hydrogens (tertiary/aromatic N) is 1. The Morgan fingerprint density at radius 2 is 1.71 bits per heavy atom. The summed E-state index contributed by atoms with van der Waals surface area (Å²) in [6.07, 6.45) is 5.24. The summed E-state index contributed by atoms with van der Waals surface area (Å²) in [5.41, 5.74) is 1.48. The minimum absolute atomic E-state index is 0.0476. The zero-order valence-corrected chi connectivity index (χ0v) is 14.1. The number of nitrogens with one attached hydrogen (secondary N) is 1. The Balaban J connectivity index is 1.60. The average Bonchev–Trinajstić information content (AvgIpc) is 2.89. The SMILES string of the molecule is C[C@H]1CCCC[C@H]1NC(=O)c1ccc(CN2C(=O)CCC2=O)cc1. The molecule has 3 rings (SSSR count). The van der Waals surface area contributed by atoms with Crippen molar-refractivity contribution in [3.63, 3.8) is 0 Å². The minimum Gasteiger partial charge on any atom is -0.349 e. The van der Waals surface area contributed by atoms with E-state index in [-0.39, 0.29) is 23.8 Å². The summed E-state index contributed by atoms with van der Waals surface area (Å²) in [7, 11) is 0. The van der Waals surface area contributed by atoms with E-state index in [1.165, 1.54) is 24.2 Å². The van der Waals surface area contributed by atoms with Crippen molar-refractivity contribution in [3.8, 4) is 0 Å². The van der Waals surface area contributed by atoms with Gasteiger partial charge in [0.15, 0.2) is 0 Å². The fraction of sp³-hybridized carbons (Fsp3) is 0.526. The van der Waals surface area contributed by atoms with Crippen LogP contribution in [0.15, 0.2) is 24.3 Å². The summed E-state index contributed by atoms with van der Waals surface area (Å²) in [5, 5.41) is 3.13. The second kappa shape index (κ2) is 7.16. The summed E-state index contributed by atoms with van der Waals surface area (Å²) >= 11 is 0. The van der Waals surface area contributed by atoms with Crippen LogP contribution in [0.5, 0.6) is 0 Å². The van der Waals surface area contributed by atoms with Crippen molar-refractivity contribution < 1.29 is 14.4 Å². The van der Waals surface area contributed by atoms with Gasteiger partial charge in [0.25, 0.3) is 5.91 Å². The standard InChI is InChI=1S/C19H24N2O3/c1-13-4-2-3-5-16(13)20-19(24)15-8-6-14(7-9-15)12-21-17(22)10-11-18(21)23/h6-9,13,16H,2-5,10-12H2,1H3,(H,20,24)/t13-,16+/m0/s1. The van der Waals surface area contributed by atoms with E-state index in [1.807, 2.05) is 12.1 Å². The van der Waals surface area contributed by atoms with Crippen LogP contribution >= 0.6 is 0 Å². The number of carbonyl (C=O) groups excluding carboxylic acids is 3. The molecular weight excluding hydrogens is 304 g/mol. The van der Waals surface area contributed by atoms with Gasteiger partial charge in [-0.2, -0.15) is 0 Å². The molecule has 1 heterocycles. The second-order valence-corrected chi connectivity index (χ2v) is 6.91. The average molecular weight is 328 g/mol. The molecule has 5 heteroatoms. The van der Waals surface area contributed by atoms with Gasteiger partial charge in [0.05, 0.1) is 6.54 Å². The van der Waals surface area contributed by atoms with E-state index in [1.54, 1.807) is 12.1 Å². The monoisotopic (exact) mass is 328 g/mol. The molecule has 1 aliphatic carbocycles. The zero-order chi connectivity index (χ0) is 17.1. The van der Waals surface area contributed by atoms with Gasteiger partial charge in [-0.25, -0.2) is 0 Å². The maximum atomic E-state index is 12.4. The highest BCUT2D eigenvalue weighted by Crippen LogP contribution is 2.24. The number of hydrogen-bond acceptors (Lipinski definition) is 3. The highest BCUT2D eigenvalue weighted by molar-refractivity contribution is 6.01. The van der Waals surface area contributed by atoms with Crippen LogP contribution < -0.4 is 5.32 Å². The fourth-order valence-corrected chi connectivity index (χ4v) is 3.53. The minimum atomic E-state index is -0.117. The number of carbonyl (C=O) groups is 3. The topological polar surface area (TPSA) is 66.5 Å². The van der Waals surface area contributed by atoms with Gasteiger partial charge in [-0.3, -0.25) is 19.3 Å². The Morgan fingerprint density at radius 1 is 1.08 bits per heavy atom. The van der Waals surface area contributed by atoms with Crippen molar-refractivity contribution in [3.05, 3.63) is 35.4 Å². The van der Waals surface area contributed by atoms with Crippen LogP contribution in [0.3, 0.4) is 0 Å². The Kier molecular flexibility index (Phi) is 4.97. The molecule has 0 spiro atoms. The third-order valence-corrected chi connectivity index (χ3v) is 5.14. The maximum Gasteiger partial charge on any atom is 0.251 e. The van der Waals surface area contributed by atoms with Crippen molar-refractivity contribution in [1.82, 2.24) is 10.2 Å². The summed E-state index contributed by atoms with van der Waals surface area (Å²) in [4.78, 5) is 37.0. The Hall–Kier alpha value is -2.17. The van der Waals surface area contributed by atoms with Gasteiger partial charge in [0.2, 0.25) is 11.8 Å². The molecular formula is C19H24N2O3. The van der Waals surface area contributed by atoms with Crippen LogP contribution in [0.2, 0.25) is 0 Å². The molecule has 0 unspecified atom stereocenters. The van der Waals surface area contributed by atoms with Gasteiger partial charge in [-0.1, -0.05) is 31.9 Å². The first-order valence-electron chi connectivity index (χ1n) is 8.77. The van der Waals surface area contributed by atoms with Gasteiger partial charge < -0.3 is 5.32 Å². The van der Waals surface area contributed by atoms with Crippen molar-refractivity contribution in [2.45, 2.75) is 58.0 Å². The molecule has 2 aliphatic rings. The van der Waals surface area contributed by atoms with E-state index >= 15 is 0 Å². The van der Waals surface area contributed by atoms with Crippen LogP contribution in [0.1, 0.15) is 61.4 Å². The van der Waals surface area contributed by atoms with Crippen LogP contribution in [0, 0.1) is 5.92 Å². The van der Waals surface area contributed by atoms with Crippen LogP contribution in [0.25, 0.3) is 0 Å². The fourth-order valence-electron chi connectivity index (χ4n) is 3.53. The van der Waals surface area contributed by atoms with Crippen molar-refractivity contribution >= 4 is 17.7 Å². The molecule has 1 aliphatic heterocycles. The maximum absolute atomic E-state index is 12.4. The molecule has 2 atom stereocenters. The molecule has 0 bridgehead atoms. The summed E-state index contributed by atoms with van der Waals surface area (Å²) in [5.74, 6) is 0.240. The molecule has 1 saturated carbocycles. The molecule has 1 aromatic carbocycles. The number of rotatable bonds is 4. The second-order valence-electron chi connectivity index (χ2n) is 6.91. The van der Waals surface area contributed by atoms with Crippen molar-refractivity contribution in [2.24, 2.45) is 5.92 Å². The van der Waals surface area contributed by atoms with Gasteiger partial charge in [0, 0.05) is 24.4 Å². The molecule has 0 aromatic heterocycles. The zero-order valence-electron chi connectivity index (χ0n) is 14.1. The summed E-state index contributed by atoms with van der Waals surface area (Å²) < 4.78 is 0. The Labute approximate surface area is 142 Å². The predicted molar refractivity (Wildman–Crippen MR) is 90.1 cm³/mol. The lowest BCUT2D eigenvalue weighted by molar-refractivity contribution is -0.139. The lowest BCUT2D eigenvalue weighted by Crippen LogP contribution is -2.41. The normalized spacial score (nSPS) is 24.3.